The van der Waals surface area contributed by atoms with Gasteiger partial charge >= 0.3 is 0 Å². The highest BCUT2D eigenvalue weighted by Crippen LogP contribution is 2.18. The molecular weight excluding hydrogens is 272 g/mol. The number of benzene rings is 2. The molecule has 3 heteroatoms. The van der Waals surface area contributed by atoms with Crippen molar-refractivity contribution >= 4 is 16.7 Å². The molecule has 1 aromatic heterocycles. The van der Waals surface area contributed by atoms with Crippen molar-refractivity contribution in [2.24, 2.45) is 0 Å². The van der Waals surface area contributed by atoms with Crippen molar-refractivity contribution in [1.82, 2.24) is 9.88 Å². The largest absolute Gasteiger partial charge is 0.333 e. The number of fused-ring (bicyclic) bond motifs is 1. The first-order chi connectivity index (χ1) is 10.8. The number of rotatable bonds is 4. The standard InChI is InChI=1S/C19H18N2O/c1-2-21(14-15-8-4-3-5-9-15)19(22)18-17-11-7-6-10-16(17)12-13-20-18/h3-13H,2,14H2,1H3. The number of hydrogen-bond donors (Lipinski definition) is 0. The van der Waals surface area contributed by atoms with Crippen LogP contribution >= 0.6 is 0 Å². The van der Waals surface area contributed by atoms with Gasteiger partial charge in [0.05, 0.1) is 0 Å². The molecule has 0 spiro atoms. The smallest absolute Gasteiger partial charge is 0.273 e. The SMILES string of the molecule is CCN(Cc1ccccc1)C(=O)c1nccc2ccccc12. The van der Waals surface area contributed by atoms with E-state index in [-0.39, 0.29) is 5.91 Å². The summed E-state index contributed by atoms with van der Waals surface area (Å²) < 4.78 is 0. The molecule has 2 aromatic carbocycles. The summed E-state index contributed by atoms with van der Waals surface area (Å²) in [5.74, 6) is -0.0249. The topological polar surface area (TPSA) is 33.2 Å². The van der Waals surface area contributed by atoms with Gasteiger partial charge in [-0.3, -0.25) is 9.78 Å². The van der Waals surface area contributed by atoms with Crippen molar-refractivity contribution in [3.05, 3.63) is 78.1 Å². The average Bonchev–Trinajstić information content (AvgIpc) is 2.59. The summed E-state index contributed by atoms with van der Waals surface area (Å²) in [6.07, 6.45) is 1.70. The molecule has 0 aliphatic rings. The van der Waals surface area contributed by atoms with Crippen molar-refractivity contribution in [2.75, 3.05) is 6.54 Å². The molecule has 1 amide bonds. The number of amides is 1. The Balaban J connectivity index is 1.93. The molecule has 0 saturated heterocycles. The summed E-state index contributed by atoms with van der Waals surface area (Å²) >= 11 is 0. The van der Waals surface area contributed by atoms with E-state index in [0.717, 1.165) is 16.3 Å². The molecule has 1 heterocycles. The van der Waals surface area contributed by atoms with Crippen molar-refractivity contribution in [1.29, 1.82) is 0 Å². The Morgan fingerprint density at radius 3 is 2.50 bits per heavy atom. The molecule has 3 rings (SSSR count). The highest BCUT2D eigenvalue weighted by molar-refractivity contribution is 6.05. The maximum Gasteiger partial charge on any atom is 0.273 e. The molecule has 0 bridgehead atoms. The van der Waals surface area contributed by atoms with Crippen molar-refractivity contribution in [2.45, 2.75) is 13.5 Å². The van der Waals surface area contributed by atoms with Crippen LogP contribution in [-0.4, -0.2) is 22.3 Å². The highest BCUT2D eigenvalue weighted by atomic mass is 16.2. The Morgan fingerprint density at radius 2 is 1.73 bits per heavy atom. The zero-order valence-electron chi connectivity index (χ0n) is 12.6. The van der Waals surface area contributed by atoms with E-state index in [1.165, 1.54) is 0 Å². The summed E-state index contributed by atoms with van der Waals surface area (Å²) in [5, 5.41) is 1.94. The minimum Gasteiger partial charge on any atom is -0.333 e. The van der Waals surface area contributed by atoms with E-state index in [1.807, 2.05) is 72.5 Å². The van der Waals surface area contributed by atoms with Gasteiger partial charge in [0.25, 0.3) is 5.91 Å². The molecular formula is C19H18N2O. The fraction of sp³-hybridized carbons (Fsp3) is 0.158. The minimum atomic E-state index is -0.0249. The van der Waals surface area contributed by atoms with Crippen molar-refractivity contribution < 1.29 is 4.79 Å². The first kappa shape index (κ1) is 14.3. The average molecular weight is 290 g/mol. The van der Waals surface area contributed by atoms with Gasteiger partial charge in [0.15, 0.2) is 0 Å². The van der Waals surface area contributed by atoms with E-state index >= 15 is 0 Å². The Morgan fingerprint density at radius 1 is 1.00 bits per heavy atom. The van der Waals surface area contributed by atoms with Gasteiger partial charge in [-0.2, -0.15) is 0 Å². The van der Waals surface area contributed by atoms with Crippen LogP contribution < -0.4 is 0 Å². The summed E-state index contributed by atoms with van der Waals surface area (Å²) in [6.45, 7) is 3.24. The molecule has 0 fully saturated rings. The number of carbonyl (C=O) groups excluding carboxylic acids is 1. The molecule has 3 nitrogen and oxygen atoms in total. The number of hydrogen-bond acceptors (Lipinski definition) is 2. The normalized spacial score (nSPS) is 10.6. The van der Waals surface area contributed by atoms with Crippen LogP contribution in [0.25, 0.3) is 10.8 Å². The first-order valence-corrected chi connectivity index (χ1v) is 7.46. The van der Waals surface area contributed by atoms with Gasteiger partial charge < -0.3 is 4.90 Å². The third-order valence-corrected chi connectivity index (χ3v) is 3.76. The summed E-state index contributed by atoms with van der Waals surface area (Å²) in [4.78, 5) is 19.0. The number of pyridine rings is 1. The van der Waals surface area contributed by atoms with Gasteiger partial charge in [0, 0.05) is 24.7 Å². The second-order valence-corrected chi connectivity index (χ2v) is 5.19. The van der Waals surface area contributed by atoms with Crippen LogP contribution in [0.5, 0.6) is 0 Å². The van der Waals surface area contributed by atoms with Crippen LogP contribution in [0, 0.1) is 0 Å². The van der Waals surface area contributed by atoms with Crippen LogP contribution in [0.3, 0.4) is 0 Å². The van der Waals surface area contributed by atoms with E-state index < -0.39 is 0 Å². The van der Waals surface area contributed by atoms with E-state index in [2.05, 4.69) is 4.98 Å². The fourth-order valence-corrected chi connectivity index (χ4v) is 2.57. The Bertz CT molecular complexity index is 778. The third kappa shape index (κ3) is 2.84. The minimum absolute atomic E-state index is 0.0249. The molecule has 0 aliphatic heterocycles. The van der Waals surface area contributed by atoms with Crippen LogP contribution in [-0.2, 0) is 6.54 Å². The van der Waals surface area contributed by atoms with Gasteiger partial charge in [-0.05, 0) is 23.9 Å². The second kappa shape index (κ2) is 6.39. The summed E-state index contributed by atoms with van der Waals surface area (Å²) in [5.41, 5.74) is 1.65. The van der Waals surface area contributed by atoms with E-state index in [1.54, 1.807) is 6.20 Å². The third-order valence-electron chi connectivity index (χ3n) is 3.76. The maximum absolute atomic E-state index is 12.9. The lowest BCUT2D eigenvalue weighted by molar-refractivity contribution is 0.0749. The van der Waals surface area contributed by atoms with E-state index in [9.17, 15) is 4.79 Å². The monoisotopic (exact) mass is 290 g/mol. The molecule has 0 N–H and O–H groups in total. The zero-order valence-corrected chi connectivity index (χ0v) is 12.6. The lowest BCUT2D eigenvalue weighted by atomic mass is 10.1. The predicted octanol–water partition coefficient (Wildman–Crippen LogP) is 3.90. The fourth-order valence-electron chi connectivity index (χ4n) is 2.57. The van der Waals surface area contributed by atoms with E-state index in [4.69, 9.17) is 0 Å². The molecule has 3 aromatic rings. The molecule has 0 atom stereocenters. The van der Waals surface area contributed by atoms with Crippen molar-refractivity contribution in [3.8, 4) is 0 Å². The predicted molar refractivity (Wildman–Crippen MR) is 88.6 cm³/mol. The molecule has 0 saturated carbocycles. The highest BCUT2D eigenvalue weighted by Gasteiger charge is 2.18. The number of aromatic nitrogens is 1. The van der Waals surface area contributed by atoms with Crippen LogP contribution in [0.15, 0.2) is 66.9 Å². The second-order valence-electron chi connectivity index (χ2n) is 5.19. The summed E-state index contributed by atoms with van der Waals surface area (Å²) in [7, 11) is 0. The Labute approximate surface area is 130 Å². The Kier molecular flexibility index (Phi) is 4.15. The van der Waals surface area contributed by atoms with E-state index in [0.29, 0.717) is 18.8 Å². The van der Waals surface area contributed by atoms with Gasteiger partial charge in [-0.15, -0.1) is 0 Å². The van der Waals surface area contributed by atoms with Gasteiger partial charge in [0.1, 0.15) is 5.69 Å². The zero-order chi connectivity index (χ0) is 15.4. The Hall–Kier alpha value is -2.68. The van der Waals surface area contributed by atoms with Gasteiger partial charge in [0.2, 0.25) is 0 Å². The molecule has 22 heavy (non-hydrogen) atoms. The molecule has 0 radical (unpaired) electrons. The number of nitrogens with zero attached hydrogens (tertiary/aromatic N) is 2. The lowest BCUT2D eigenvalue weighted by Crippen LogP contribution is -2.31. The van der Waals surface area contributed by atoms with Gasteiger partial charge in [-0.1, -0.05) is 54.6 Å². The molecule has 0 unspecified atom stereocenters. The van der Waals surface area contributed by atoms with Gasteiger partial charge in [-0.25, -0.2) is 0 Å². The lowest BCUT2D eigenvalue weighted by Gasteiger charge is -2.21. The van der Waals surface area contributed by atoms with Crippen molar-refractivity contribution in [3.63, 3.8) is 0 Å². The van der Waals surface area contributed by atoms with Crippen LogP contribution in [0.4, 0.5) is 0 Å². The molecule has 110 valence electrons. The van der Waals surface area contributed by atoms with Crippen LogP contribution in [0.2, 0.25) is 0 Å². The summed E-state index contributed by atoms with van der Waals surface area (Å²) in [6, 6.07) is 19.8. The quantitative estimate of drug-likeness (QED) is 0.730. The number of carbonyl (C=O) groups is 1. The first-order valence-electron chi connectivity index (χ1n) is 7.46. The molecule has 0 aliphatic carbocycles. The maximum atomic E-state index is 12.9. The van der Waals surface area contributed by atoms with Crippen LogP contribution in [0.1, 0.15) is 23.0 Å².